The number of hydrogen-bond donors (Lipinski definition) is 1. The van der Waals surface area contributed by atoms with Gasteiger partial charge in [0.15, 0.2) is 0 Å². The molecule has 2 rings (SSSR count). The van der Waals surface area contributed by atoms with E-state index in [4.69, 9.17) is 4.74 Å². The molecular weight excluding hydrogens is 359 g/mol. The maximum atomic E-state index is 13.2. The Balaban J connectivity index is 2.20. The molecule has 150 valence electrons. The summed E-state index contributed by atoms with van der Waals surface area (Å²) in [6.45, 7) is 5.23. The van der Waals surface area contributed by atoms with Gasteiger partial charge in [0, 0.05) is 33.2 Å². The van der Waals surface area contributed by atoms with Gasteiger partial charge in [-0.05, 0) is 36.6 Å². The van der Waals surface area contributed by atoms with Crippen LogP contribution in [-0.2, 0) is 20.9 Å². The number of nitrogens with zero attached hydrogens (tertiary/aromatic N) is 1. The topological polar surface area (TPSA) is 58.6 Å². The Morgan fingerprint density at radius 2 is 1.79 bits per heavy atom. The Morgan fingerprint density at radius 1 is 1.11 bits per heavy atom. The molecule has 0 aliphatic heterocycles. The van der Waals surface area contributed by atoms with Gasteiger partial charge in [0.2, 0.25) is 11.8 Å². The number of rotatable bonds is 10. The van der Waals surface area contributed by atoms with E-state index in [0.717, 1.165) is 11.1 Å². The molecule has 2 amide bonds. The minimum atomic E-state index is -0.768. The molecule has 0 aromatic heterocycles. The van der Waals surface area contributed by atoms with Crippen molar-refractivity contribution in [3.8, 4) is 0 Å². The number of nitrogens with one attached hydrogen (secondary N) is 1. The Kier molecular flexibility index (Phi) is 8.62. The number of hydrogen-bond acceptors (Lipinski definition) is 3. The van der Waals surface area contributed by atoms with Crippen LogP contribution in [0, 0.1) is 5.82 Å². The molecule has 0 saturated heterocycles. The molecule has 1 N–H and O–H groups in total. The predicted molar refractivity (Wildman–Crippen MR) is 106 cm³/mol. The minimum absolute atomic E-state index is 0.210. The van der Waals surface area contributed by atoms with Crippen molar-refractivity contribution in [3.05, 3.63) is 71.5 Å². The van der Waals surface area contributed by atoms with E-state index < -0.39 is 6.04 Å². The molecule has 1 atom stereocenters. The molecule has 0 spiro atoms. The molecule has 0 aliphatic rings. The molecule has 0 fully saturated rings. The third-order valence-electron chi connectivity index (χ3n) is 4.31. The van der Waals surface area contributed by atoms with Crippen LogP contribution in [0.3, 0.4) is 0 Å². The van der Waals surface area contributed by atoms with Crippen LogP contribution in [0.1, 0.15) is 37.4 Å². The zero-order valence-electron chi connectivity index (χ0n) is 16.4. The van der Waals surface area contributed by atoms with Gasteiger partial charge in [0.05, 0.1) is 0 Å². The lowest BCUT2D eigenvalue weighted by molar-refractivity contribution is -0.140. The van der Waals surface area contributed by atoms with E-state index in [1.807, 2.05) is 37.3 Å². The third kappa shape index (κ3) is 6.46. The molecule has 0 aliphatic carbocycles. The highest BCUT2D eigenvalue weighted by molar-refractivity contribution is 5.88. The molecule has 0 bridgehead atoms. The Hall–Kier alpha value is -2.73. The fourth-order valence-corrected chi connectivity index (χ4v) is 2.91. The van der Waals surface area contributed by atoms with Gasteiger partial charge in [-0.3, -0.25) is 9.59 Å². The second kappa shape index (κ2) is 11.2. The van der Waals surface area contributed by atoms with Crippen molar-refractivity contribution < 1.29 is 18.7 Å². The van der Waals surface area contributed by atoms with Gasteiger partial charge in [0.1, 0.15) is 11.9 Å². The summed E-state index contributed by atoms with van der Waals surface area (Å²) in [5.41, 5.74) is 1.48. The first-order valence-electron chi connectivity index (χ1n) is 9.45. The average Bonchev–Trinajstić information content (AvgIpc) is 2.69. The van der Waals surface area contributed by atoms with Crippen molar-refractivity contribution in [3.63, 3.8) is 0 Å². The van der Waals surface area contributed by atoms with E-state index in [0.29, 0.717) is 26.2 Å². The summed E-state index contributed by atoms with van der Waals surface area (Å²) in [5, 5.41) is 2.90. The highest BCUT2D eigenvalue weighted by atomic mass is 19.1. The van der Waals surface area contributed by atoms with E-state index >= 15 is 0 Å². The Bertz CT molecular complexity index is 750. The van der Waals surface area contributed by atoms with Gasteiger partial charge < -0.3 is 15.0 Å². The van der Waals surface area contributed by atoms with Crippen molar-refractivity contribution in [1.29, 1.82) is 0 Å². The molecule has 5 nitrogen and oxygen atoms in total. The number of carbonyl (C=O) groups is 2. The quantitative estimate of drug-likeness (QED) is 0.636. The first-order chi connectivity index (χ1) is 13.5. The van der Waals surface area contributed by atoms with Crippen molar-refractivity contribution in [2.24, 2.45) is 0 Å². The first-order valence-corrected chi connectivity index (χ1v) is 9.45. The maximum Gasteiger partial charge on any atom is 0.247 e. The Labute approximate surface area is 165 Å². The highest BCUT2D eigenvalue weighted by Gasteiger charge is 2.29. The number of halogens is 1. The molecule has 0 heterocycles. The second-order valence-electron chi connectivity index (χ2n) is 6.43. The van der Waals surface area contributed by atoms with Crippen LogP contribution < -0.4 is 5.32 Å². The SMILES string of the molecule is CCOCCCNC(=O)[C@@H](c1ccccc1)N(Cc1ccc(F)cc1)C(C)=O. The molecule has 2 aromatic rings. The highest BCUT2D eigenvalue weighted by Crippen LogP contribution is 2.24. The molecule has 0 radical (unpaired) electrons. The number of ether oxygens (including phenoxy) is 1. The number of amides is 2. The van der Waals surface area contributed by atoms with E-state index in [-0.39, 0.29) is 24.2 Å². The van der Waals surface area contributed by atoms with Crippen LogP contribution in [0.5, 0.6) is 0 Å². The molecule has 6 heteroatoms. The van der Waals surface area contributed by atoms with E-state index in [2.05, 4.69) is 5.32 Å². The van der Waals surface area contributed by atoms with Gasteiger partial charge in [-0.25, -0.2) is 4.39 Å². The van der Waals surface area contributed by atoms with Crippen LogP contribution in [0.15, 0.2) is 54.6 Å². The first kappa shape index (κ1) is 21.6. The van der Waals surface area contributed by atoms with Crippen LogP contribution in [0.25, 0.3) is 0 Å². The Morgan fingerprint density at radius 3 is 2.39 bits per heavy atom. The molecule has 2 aromatic carbocycles. The lowest BCUT2D eigenvalue weighted by Gasteiger charge is -2.30. The van der Waals surface area contributed by atoms with Gasteiger partial charge in [-0.2, -0.15) is 0 Å². The number of carbonyl (C=O) groups excluding carboxylic acids is 2. The fourth-order valence-electron chi connectivity index (χ4n) is 2.91. The molecule has 28 heavy (non-hydrogen) atoms. The van der Waals surface area contributed by atoms with Crippen molar-refractivity contribution in [2.75, 3.05) is 19.8 Å². The van der Waals surface area contributed by atoms with Crippen molar-refractivity contribution in [1.82, 2.24) is 10.2 Å². The average molecular weight is 386 g/mol. The summed E-state index contributed by atoms with van der Waals surface area (Å²) in [4.78, 5) is 26.9. The summed E-state index contributed by atoms with van der Waals surface area (Å²) in [6, 6.07) is 14.3. The van der Waals surface area contributed by atoms with Crippen LogP contribution in [0.4, 0.5) is 4.39 Å². The van der Waals surface area contributed by atoms with E-state index in [1.165, 1.54) is 24.0 Å². The second-order valence-corrected chi connectivity index (χ2v) is 6.43. The molecular formula is C22H27FN2O3. The summed E-state index contributed by atoms with van der Waals surface area (Å²) in [6.07, 6.45) is 0.694. The summed E-state index contributed by atoms with van der Waals surface area (Å²) < 4.78 is 18.5. The van der Waals surface area contributed by atoms with Gasteiger partial charge in [0.25, 0.3) is 0 Å². The van der Waals surface area contributed by atoms with Crippen LogP contribution in [0.2, 0.25) is 0 Å². The maximum absolute atomic E-state index is 13.2. The zero-order chi connectivity index (χ0) is 20.4. The minimum Gasteiger partial charge on any atom is -0.382 e. The summed E-state index contributed by atoms with van der Waals surface area (Å²) >= 11 is 0. The fraction of sp³-hybridized carbons (Fsp3) is 0.364. The van der Waals surface area contributed by atoms with Crippen molar-refractivity contribution >= 4 is 11.8 Å². The standard InChI is InChI=1S/C22H27FN2O3/c1-3-28-15-7-14-24-22(27)21(19-8-5-4-6-9-19)25(17(2)26)16-18-10-12-20(23)13-11-18/h4-6,8-13,21H,3,7,14-16H2,1-2H3,(H,24,27)/t21-/m1/s1. The monoisotopic (exact) mass is 386 g/mol. The van der Waals surface area contributed by atoms with Crippen LogP contribution in [-0.4, -0.2) is 36.5 Å². The van der Waals surface area contributed by atoms with E-state index in [1.54, 1.807) is 12.1 Å². The largest absolute Gasteiger partial charge is 0.382 e. The number of benzene rings is 2. The van der Waals surface area contributed by atoms with Gasteiger partial charge in [-0.15, -0.1) is 0 Å². The lowest BCUT2D eigenvalue weighted by atomic mass is 10.0. The zero-order valence-corrected chi connectivity index (χ0v) is 16.4. The predicted octanol–water partition coefficient (Wildman–Crippen LogP) is 3.46. The normalized spacial score (nSPS) is 11.7. The van der Waals surface area contributed by atoms with E-state index in [9.17, 15) is 14.0 Å². The van der Waals surface area contributed by atoms with Gasteiger partial charge in [-0.1, -0.05) is 42.5 Å². The lowest BCUT2D eigenvalue weighted by Crippen LogP contribution is -2.43. The summed E-state index contributed by atoms with van der Waals surface area (Å²) in [7, 11) is 0. The van der Waals surface area contributed by atoms with Gasteiger partial charge >= 0.3 is 0 Å². The van der Waals surface area contributed by atoms with Crippen LogP contribution >= 0.6 is 0 Å². The van der Waals surface area contributed by atoms with Crippen molar-refractivity contribution in [2.45, 2.75) is 32.9 Å². The third-order valence-corrected chi connectivity index (χ3v) is 4.31. The smallest absolute Gasteiger partial charge is 0.247 e. The molecule has 0 unspecified atom stereocenters. The summed E-state index contributed by atoms with van der Waals surface area (Å²) in [5.74, 6) is -0.826. The molecule has 0 saturated carbocycles.